The zero-order valence-corrected chi connectivity index (χ0v) is 14.5. The summed E-state index contributed by atoms with van der Waals surface area (Å²) < 4.78 is 19.3. The van der Waals surface area contributed by atoms with Gasteiger partial charge in [0.25, 0.3) is 0 Å². The number of rotatable bonds is 4. The molecule has 2 heterocycles. The van der Waals surface area contributed by atoms with Gasteiger partial charge in [0.15, 0.2) is 11.6 Å². The van der Waals surface area contributed by atoms with Crippen molar-refractivity contribution in [3.8, 4) is 5.75 Å². The quantitative estimate of drug-likeness (QED) is 0.837. The summed E-state index contributed by atoms with van der Waals surface area (Å²) in [5.74, 6) is 0.249. The van der Waals surface area contributed by atoms with Gasteiger partial charge in [0, 0.05) is 38.3 Å². The molecule has 0 aliphatic carbocycles. The second-order valence-corrected chi connectivity index (χ2v) is 6.67. The SMILES string of the molecule is COc1cccc(CN2CCN(C(=O)[C@@H]3CCCN3C)CC2)c1F. The Labute approximate surface area is 143 Å². The molecule has 132 valence electrons. The van der Waals surface area contributed by atoms with E-state index in [1.165, 1.54) is 7.11 Å². The molecule has 0 spiro atoms. The smallest absolute Gasteiger partial charge is 0.240 e. The molecule has 5 nitrogen and oxygen atoms in total. The maximum absolute atomic E-state index is 14.3. The average Bonchev–Trinajstić information content (AvgIpc) is 3.03. The van der Waals surface area contributed by atoms with Crippen LogP contribution in [-0.2, 0) is 11.3 Å². The highest BCUT2D eigenvalue weighted by Crippen LogP contribution is 2.22. The number of carbonyl (C=O) groups excluding carboxylic acids is 1. The third-order valence-electron chi connectivity index (χ3n) is 5.15. The lowest BCUT2D eigenvalue weighted by Crippen LogP contribution is -2.52. The van der Waals surface area contributed by atoms with Crippen molar-refractivity contribution in [2.24, 2.45) is 0 Å². The summed E-state index contributed by atoms with van der Waals surface area (Å²) in [5.41, 5.74) is 0.643. The second kappa shape index (κ2) is 7.49. The van der Waals surface area contributed by atoms with Gasteiger partial charge in [0.05, 0.1) is 13.2 Å². The molecule has 0 unspecified atom stereocenters. The minimum atomic E-state index is -0.286. The van der Waals surface area contributed by atoms with Crippen molar-refractivity contribution in [3.63, 3.8) is 0 Å². The Kier molecular flexibility index (Phi) is 5.36. The summed E-state index contributed by atoms with van der Waals surface area (Å²) in [6, 6.07) is 5.29. The van der Waals surface area contributed by atoms with Gasteiger partial charge in [-0.25, -0.2) is 4.39 Å². The van der Waals surface area contributed by atoms with E-state index in [0.29, 0.717) is 12.1 Å². The highest BCUT2D eigenvalue weighted by Gasteiger charge is 2.32. The first-order valence-electron chi connectivity index (χ1n) is 8.63. The fraction of sp³-hybridized carbons (Fsp3) is 0.611. The standard InChI is InChI=1S/C18H26FN3O2/c1-20-8-4-6-15(20)18(23)22-11-9-21(10-12-22)13-14-5-3-7-16(24-2)17(14)19/h3,5,7,15H,4,6,8-13H2,1-2H3/t15-/m0/s1. The molecule has 0 bridgehead atoms. The maximum Gasteiger partial charge on any atom is 0.240 e. The molecule has 1 aromatic carbocycles. The number of amides is 1. The number of likely N-dealkylation sites (N-methyl/N-ethyl adjacent to an activating group) is 1. The van der Waals surface area contributed by atoms with Crippen LogP contribution in [-0.4, -0.2) is 73.5 Å². The highest BCUT2D eigenvalue weighted by atomic mass is 19.1. The van der Waals surface area contributed by atoms with Gasteiger partial charge in [0.1, 0.15) is 0 Å². The lowest BCUT2D eigenvalue weighted by Gasteiger charge is -2.37. The highest BCUT2D eigenvalue weighted by molar-refractivity contribution is 5.82. The van der Waals surface area contributed by atoms with Crippen molar-refractivity contribution >= 4 is 5.91 Å². The fourth-order valence-corrected chi connectivity index (χ4v) is 3.64. The number of benzene rings is 1. The van der Waals surface area contributed by atoms with Crippen molar-refractivity contribution in [2.45, 2.75) is 25.4 Å². The Morgan fingerprint density at radius 1 is 1.25 bits per heavy atom. The Morgan fingerprint density at radius 3 is 2.62 bits per heavy atom. The predicted molar refractivity (Wildman–Crippen MR) is 90.5 cm³/mol. The Balaban J connectivity index is 1.55. The molecule has 2 saturated heterocycles. The van der Waals surface area contributed by atoms with Gasteiger partial charge >= 0.3 is 0 Å². The summed E-state index contributed by atoms with van der Waals surface area (Å²) in [7, 11) is 3.50. The van der Waals surface area contributed by atoms with Crippen LogP contribution in [0.5, 0.6) is 5.75 Å². The predicted octanol–water partition coefficient (Wildman–Crippen LogP) is 1.57. The van der Waals surface area contributed by atoms with Crippen molar-refractivity contribution in [2.75, 3.05) is 46.9 Å². The third kappa shape index (κ3) is 3.54. The molecule has 2 aliphatic heterocycles. The Bertz CT molecular complexity index is 588. The van der Waals surface area contributed by atoms with E-state index in [1.54, 1.807) is 12.1 Å². The van der Waals surface area contributed by atoms with Crippen molar-refractivity contribution in [1.29, 1.82) is 0 Å². The van der Waals surface area contributed by atoms with Crippen molar-refractivity contribution in [1.82, 2.24) is 14.7 Å². The fourth-order valence-electron chi connectivity index (χ4n) is 3.64. The first-order valence-corrected chi connectivity index (χ1v) is 8.63. The van der Waals surface area contributed by atoms with E-state index in [1.807, 2.05) is 18.0 Å². The van der Waals surface area contributed by atoms with E-state index in [4.69, 9.17) is 4.74 Å². The van der Waals surface area contributed by atoms with Gasteiger partial charge in [0.2, 0.25) is 5.91 Å². The van der Waals surface area contributed by atoms with E-state index in [9.17, 15) is 9.18 Å². The molecule has 2 fully saturated rings. The lowest BCUT2D eigenvalue weighted by molar-refractivity contribution is -0.137. The molecule has 0 aromatic heterocycles. The van der Waals surface area contributed by atoms with Crippen LogP contribution in [0.15, 0.2) is 18.2 Å². The molecule has 3 rings (SSSR count). The summed E-state index contributed by atoms with van der Waals surface area (Å²) in [5, 5.41) is 0. The van der Waals surface area contributed by atoms with Crippen LogP contribution in [0.1, 0.15) is 18.4 Å². The summed E-state index contributed by atoms with van der Waals surface area (Å²) >= 11 is 0. The molecule has 0 N–H and O–H groups in total. The molecule has 6 heteroatoms. The molecule has 1 atom stereocenters. The average molecular weight is 335 g/mol. The maximum atomic E-state index is 14.3. The largest absolute Gasteiger partial charge is 0.494 e. The van der Waals surface area contributed by atoms with Crippen molar-refractivity contribution in [3.05, 3.63) is 29.6 Å². The zero-order valence-electron chi connectivity index (χ0n) is 14.5. The summed E-state index contributed by atoms with van der Waals surface area (Å²) in [6.45, 7) is 4.54. The number of methoxy groups -OCH3 is 1. The van der Waals surface area contributed by atoms with Crippen LogP contribution < -0.4 is 4.74 Å². The molecule has 1 aromatic rings. The van der Waals surface area contributed by atoms with E-state index in [-0.39, 0.29) is 23.5 Å². The van der Waals surface area contributed by atoms with Gasteiger partial charge in [-0.05, 0) is 32.5 Å². The van der Waals surface area contributed by atoms with Gasteiger partial charge in [-0.15, -0.1) is 0 Å². The normalized spacial score (nSPS) is 22.8. The minimum absolute atomic E-state index is 0.0485. The number of halogens is 1. The van der Waals surface area contributed by atoms with Crippen LogP contribution in [0, 0.1) is 5.82 Å². The third-order valence-corrected chi connectivity index (χ3v) is 5.15. The van der Waals surface area contributed by atoms with Gasteiger partial charge in [-0.2, -0.15) is 0 Å². The van der Waals surface area contributed by atoms with E-state index in [2.05, 4.69) is 9.80 Å². The van der Waals surface area contributed by atoms with Gasteiger partial charge < -0.3 is 9.64 Å². The molecule has 1 amide bonds. The number of likely N-dealkylation sites (tertiary alicyclic amines) is 1. The number of hydrogen-bond acceptors (Lipinski definition) is 4. The number of piperazine rings is 1. The second-order valence-electron chi connectivity index (χ2n) is 6.67. The summed E-state index contributed by atoms with van der Waals surface area (Å²) in [6.07, 6.45) is 2.06. The zero-order chi connectivity index (χ0) is 17.1. The number of nitrogens with zero attached hydrogens (tertiary/aromatic N) is 3. The molecule has 0 saturated carbocycles. The van der Waals surface area contributed by atoms with Crippen molar-refractivity contribution < 1.29 is 13.9 Å². The first-order chi connectivity index (χ1) is 11.6. The number of carbonyl (C=O) groups is 1. The topological polar surface area (TPSA) is 36.0 Å². The van der Waals surface area contributed by atoms with E-state index >= 15 is 0 Å². The number of hydrogen-bond donors (Lipinski definition) is 0. The molecular formula is C18H26FN3O2. The summed E-state index contributed by atoms with van der Waals surface area (Å²) in [4.78, 5) is 18.9. The molecule has 2 aliphatic rings. The van der Waals surface area contributed by atoms with Crippen LogP contribution >= 0.6 is 0 Å². The van der Waals surface area contributed by atoms with Crippen LogP contribution in [0.3, 0.4) is 0 Å². The van der Waals surface area contributed by atoms with E-state index in [0.717, 1.165) is 45.6 Å². The monoisotopic (exact) mass is 335 g/mol. The van der Waals surface area contributed by atoms with Crippen LogP contribution in [0.25, 0.3) is 0 Å². The Hall–Kier alpha value is -1.66. The number of ether oxygens (including phenoxy) is 1. The van der Waals surface area contributed by atoms with E-state index < -0.39 is 0 Å². The lowest BCUT2D eigenvalue weighted by atomic mass is 10.1. The van der Waals surface area contributed by atoms with Crippen LogP contribution in [0.4, 0.5) is 4.39 Å². The minimum Gasteiger partial charge on any atom is -0.494 e. The molecule has 0 radical (unpaired) electrons. The van der Waals surface area contributed by atoms with Gasteiger partial charge in [-0.3, -0.25) is 14.6 Å². The van der Waals surface area contributed by atoms with Gasteiger partial charge in [-0.1, -0.05) is 12.1 Å². The molecule has 24 heavy (non-hydrogen) atoms. The van der Waals surface area contributed by atoms with Crippen LogP contribution in [0.2, 0.25) is 0 Å². The Morgan fingerprint density at radius 2 is 2.00 bits per heavy atom. The first kappa shape index (κ1) is 17.2. The molecular weight excluding hydrogens is 309 g/mol.